The zero-order valence-corrected chi connectivity index (χ0v) is 19.8. The van der Waals surface area contributed by atoms with E-state index in [1.807, 2.05) is 25.1 Å². The number of anilines is 1. The highest BCUT2D eigenvalue weighted by atomic mass is 32.2. The predicted octanol–water partition coefficient (Wildman–Crippen LogP) is 5.10. The minimum absolute atomic E-state index is 0.0507. The number of aryl methyl sites for hydroxylation is 3. The molecule has 0 radical (unpaired) electrons. The summed E-state index contributed by atoms with van der Waals surface area (Å²) in [5.41, 5.74) is 4.27. The average molecular weight is 457 g/mol. The Labute approximate surface area is 191 Å². The molecule has 1 fully saturated rings. The SMILES string of the molecule is CCc1cc(-c2nnc(SCC(=O)Nc3ccc(C)c(C)c3)n2CC2CCCO2)cs1. The Balaban J connectivity index is 1.48. The normalized spacial score (nSPS) is 16.0. The van der Waals surface area contributed by atoms with Crippen molar-refractivity contribution in [3.05, 3.63) is 45.6 Å². The van der Waals surface area contributed by atoms with Gasteiger partial charge in [0.15, 0.2) is 11.0 Å². The molecule has 1 aliphatic rings. The molecule has 1 amide bonds. The predicted molar refractivity (Wildman–Crippen MR) is 127 cm³/mol. The number of nitrogens with zero attached hydrogens (tertiary/aromatic N) is 3. The lowest BCUT2D eigenvalue weighted by Crippen LogP contribution is -2.18. The van der Waals surface area contributed by atoms with E-state index < -0.39 is 0 Å². The number of aromatic nitrogens is 3. The van der Waals surface area contributed by atoms with Crippen LogP contribution in [0.15, 0.2) is 34.8 Å². The molecule has 8 heteroatoms. The number of benzene rings is 1. The summed E-state index contributed by atoms with van der Waals surface area (Å²) in [6.45, 7) is 7.78. The molecular weight excluding hydrogens is 428 g/mol. The van der Waals surface area contributed by atoms with Crippen LogP contribution < -0.4 is 5.32 Å². The number of ether oxygens (including phenoxy) is 1. The van der Waals surface area contributed by atoms with Crippen LogP contribution in [-0.4, -0.2) is 39.1 Å². The third kappa shape index (κ3) is 5.37. The van der Waals surface area contributed by atoms with Gasteiger partial charge in [0.2, 0.25) is 5.91 Å². The van der Waals surface area contributed by atoms with Crippen LogP contribution in [0.1, 0.15) is 35.8 Å². The fourth-order valence-corrected chi connectivity index (χ4v) is 5.16. The summed E-state index contributed by atoms with van der Waals surface area (Å²) in [5, 5.41) is 14.8. The molecule has 1 aromatic carbocycles. The van der Waals surface area contributed by atoms with Gasteiger partial charge in [0.25, 0.3) is 0 Å². The van der Waals surface area contributed by atoms with E-state index in [-0.39, 0.29) is 17.8 Å². The summed E-state index contributed by atoms with van der Waals surface area (Å²) >= 11 is 3.16. The highest BCUT2D eigenvalue weighted by Gasteiger charge is 2.22. The van der Waals surface area contributed by atoms with Gasteiger partial charge in [-0.15, -0.1) is 21.5 Å². The molecule has 31 heavy (non-hydrogen) atoms. The third-order valence-corrected chi connectivity index (χ3v) is 7.56. The standard InChI is InChI=1S/C23H28N4O2S2/c1-4-20-11-17(13-30-20)22-25-26-23(27(22)12-19-6-5-9-29-19)31-14-21(28)24-18-8-7-15(2)16(3)10-18/h7-8,10-11,13,19H,4-6,9,12,14H2,1-3H3,(H,24,28). The van der Waals surface area contributed by atoms with Gasteiger partial charge in [-0.2, -0.15) is 0 Å². The fourth-order valence-electron chi connectivity index (χ4n) is 3.60. The van der Waals surface area contributed by atoms with Crippen molar-refractivity contribution >= 4 is 34.7 Å². The maximum absolute atomic E-state index is 12.5. The van der Waals surface area contributed by atoms with Crippen molar-refractivity contribution in [2.45, 2.75) is 57.8 Å². The number of thiophene rings is 1. The van der Waals surface area contributed by atoms with Crippen LogP contribution in [0.4, 0.5) is 5.69 Å². The maximum atomic E-state index is 12.5. The van der Waals surface area contributed by atoms with Crippen LogP contribution in [-0.2, 0) is 22.5 Å². The third-order valence-electron chi connectivity index (χ3n) is 5.51. The number of hydrogen-bond donors (Lipinski definition) is 1. The highest BCUT2D eigenvalue weighted by molar-refractivity contribution is 7.99. The van der Waals surface area contributed by atoms with Gasteiger partial charge in [0.1, 0.15) is 0 Å². The maximum Gasteiger partial charge on any atom is 0.234 e. The Morgan fingerprint density at radius 3 is 2.87 bits per heavy atom. The fraction of sp³-hybridized carbons (Fsp3) is 0.435. The summed E-state index contributed by atoms with van der Waals surface area (Å²) in [4.78, 5) is 13.9. The van der Waals surface area contributed by atoms with Gasteiger partial charge in [-0.05, 0) is 62.4 Å². The Kier molecular flexibility index (Phi) is 7.09. The Morgan fingerprint density at radius 1 is 1.29 bits per heavy atom. The summed E-state index contributed by atoms with van der Waals surface area (Å²) in [6, 6.07) is 8.14. The van der Waals surface area contributed by atoms with Crippen LogP contribution in [0, 0.1) is 13.8 Å². The molecule has 3 aromatic rings. The van der Waals surface area contributed by atoms with Gasteiger partial charge in [0.05, 0.1) is 18.4 Å². The van der Waals surface area contributed by atoms with E-state index in [2.05, 4.69) is 45.4 Å². The minimum atomic E-state index is -0.0507. The van der Waals surface area contributed by atoms with Crippen molar-refractivity contribution in [2.75, 3.05) is 17.7 Å². The Hall–Kier alpha value is -2.16. The van der Waals surface area contributed by atoms with Gasteiger partial charge in [-0.1, -0.05) is 24.8 Å². The Morgan fingerprint density at radius 2 is 2.16 bits per heavy atom. The van der Waals surface area contributed by atoms with Crippen LogP contribution in [0.3, 0.4) is 0 Å². The van der Waals surface area contributed by atoms with E-state index >= 15 is 0 Å². The van der Waals surface area contributed by atoms with Crippen LogP contribution in [0.25, 0.3) is 11.4 Å². The molecule has 3 heterocycles. The van der Waals surface area contributed by atoms with E-state index in [1.165, 1.54) is 22.2 Å². The van der Waals surface area contributed by atoms with Gasteiger partial charge in [0, 0.05) is 28.1 Å². The van der Waals surface area contributed by atoms with Crippen LogP contribution in [0.2, 0.25) is 0 Å². The first-order valence-electron chi connectivity index (χ1n) is 10.7. The van der Waals surface area contributed by atoms with E-state index in [1.54, 1.807) is 11.3 Å². The second-order valence-electron chi connectivity index (χ2n) is 7.84. The molecule has 0 bridgehead atoms. The zero-order chi connectivity index (χ0) is 21.8. The monoisotopic (exact) mass is 456 g/mol. The number of hydrogen-bond acceptors (Lipinski definition) is 6. The molecule has 2 aromatic heterocycles. The number of thioether (sulfide) groups is 1. The molecule has 0 saturated carbocycles. The number of amides is 1. The molecule has 1 aliphatic heterocycles. The van der Waals surface area contributed by atoms with Gasteiger partial charge < -0.3 is 10.1 Å². The van der Waals surface area contributed by atoms with Crippen molar-refractivity contribution < 1.29 is 9.53 Å². The molecule has 0 spiro atoms. The van der Waals surface area contributed by atoms with Crippen molar-refractivity contribution in [1.82, 2.24) is 14.8 Å². The van der Waals surface area contributed by atoms with Crippen molar-refractivity contribution in [2.24, 2.45) is 0 Å². The summed E-state index contributed by atoms with van der Waals surface area (Å²) in [5.74, 6) is 1.08. The first-order chi connectivity index (χ1) is 15.0. The number of rotatable bonds is 8. The van der Waals surface area contributed by atoms with E-state index in [0.29, 0.717) is 6.54 Å². The van der Waals surface area contributed by atoms with E-state index in [0.717, 1.165) is 53.7 Å². The molecule has 164 valence electrons. The van der Waals surface area contributed by atoms with Crippen molar-refractivity contribution in [3.63, 3.8) is 0 Å². The number of carbonyl (C=O) groups is 1. The lowest BCUT2D eigenvalue weighted by molar-refractivity contribution is -0.113. The van der Waals surface area contributed by atoms with Crippen molar-refractivity contribution in [1.29, 1.82) is 0 Å². The summed E-state index contributed by atoms with van der Waals surface area (Å²) in [6.07, 6.45) is 3.30. The lowest BCUT2D eigenvalue weighted by atomic mass is 10.1. The molecule has 1 saturated heterocycles. The smallest absolute Gasteiger partial charge is 0.234 e. The second kappa shape index (κ2) is 9.97. The highest BCUT2D eigenvalue weighted by Crippen LogP contribution is 2.29. The second-order valence-corrected chi connectivity index (χ2v) is 9.78. The van der Waals surface area contributed by atoms with Crippen LogP contribution in [0.5, 0.6) is 0 Å². The molecule has 1 N–H and O–H groups in total. The quantitative estimate of drug-likeness (QED) is 0.478. The molecule has 4 rings (SSSR count). The molecule has 6 nitrogen and oxygen atoms in total. The van der Waals surface area contributed by atoms with Gasteiger partial charge >= 0.3 is 0 Å². The van der Waals surface area contributed by atoms with Gasteiger partial charge in [-0.25, -0.2) is 0 Å². The molecular formula is C23H28N4O2S2. The van der Waals surface area contributed by atoms with E-state index in [4.69, 9.17) is 4.74 Å². The first kappa shape index (κ1) is 22.0. The van der Waals surface area contributed by atoms with E-state index in [9.17, 15) is 4.79 Å². The molecule has 0 aliphatic carbocycles. The largest absolute Gasteiger partial charge is 0.376 e. The number of carbonyl (C=O) groups excluding carboxylic acids is 1. The number of nitrogens with one attached hydrogen (secondary N) is 1. The zero-order valence-electron chi connectivity index (χ0n) is 18.2. The topological polar surface area (TPSA) is 69.0 Å². The summed E-state index contributed by atoms with van der Waals surface area (Å²) in [7, 11) is 0. The first-order valence-corrected chi connectivity index (χ1v) is 12.5. The Bertz CT molecular complexity index is 1050. The van der Waals surface area contributed by atoms with Crippen LogP contribution >= 0.6 is 23.1 Å². The van der Waals surface area contributed by atoms with Crippen molar-refractivity contribution in [3.8, 4) is 11.4 Å². The summed E-state index contributed by atoms with van der Waals surface area (Å²) < 4.78 is 7.98. The molecule has 1 atom stereocenters. The average Bonchev–Trinajstić information content (AvgIpc) is 3.51. The minimum Gasteiger partial charge on any atom is -0.376 e. The lowest BCUT2D eigenvalue weighted by Gasteiger charge is -2.14. The van der Waals surface area contributed by atoms with Gasteiger partial charge in [-0.3, -0.25) is 9.36 Å². The molecule has 1 unspecified atom stereocenters.